The first-order valence-corrected chi connectivity index (χ1v) is 4.21. The third-order valence-electron chi connectivity index (χ3n) is 0.745. The van der Waals surface area contributed by atoms with Crippen molar-refractivity contribution in [2.24, 2.45) is 0 Å². The number of nitrogens with zero attached hydrogens (tertiary/aromatic N) is 1. The number of aromatic nitrogens is 1. The molecule has 0 atom stereocenters. The van der Waals surface area contributed by atoms with Crippen molar-refractivity contribution < 1.29 is 0 Å². The molecule has 0 aliphatic rings. The van der Waals surface area contributed by atoms with Gasteiger partial charge in [-0.1, -0.05) is 23.2 Å². The summed E-state index contributed by atoms with van der Waals surface area (Å²) in [6, 6.07) is 0. The number of rotatable bonds is 1. The Morgan fingerprint density at radius 3 is 2.33 bits per heavy atom. The summed E-state index contributed by atoms with van der Waals surface area (Å²) in [5.41, 5.74) is 0. The molecule has 0 N–H and O–H groups in total. The summed E-state index contributed by atoms with van der Waals surface area (Å²) in [5.74, 6) is 0.378. The Morgan fingerprint density at radius 2 is 2.11 bits per heavy atom. The van der Waals surface area contributed by atoms with Crippen LogP contribution in [0.1, 0.15) is 4.88 Å². The molecular formula is C4H2Cl3NS. The van der Waals surface area contributed by atoms with E-state index in [1.807, 2.05) is 0 Å². The second-order valence-corrected chi connectivity index (χ2v) is 3.61. The van der Waals surface area contributed by atoms with Crippen LogP contribution in [0.25, 0.3) is 0 Å². The fourth-order valence-electron chi connectivity index (χ4n) is 0.389. The molecule has 1 aromatic heterocycles. The molecule has 0 saturated heterocycles. The van der Waals surface area contributed by atoms with Gasteiger partial charge in [0.15, 0.2) is 4.47 Å². The summed E-state index contributed by atoms with van der Waals surface area (Å²) in [7, 11) is 0. The smallest absolute Gasteiger partial charge is 0.185 e. The topological polar surface area (TPSA) is 12.9 Å². The summed E-state index contributed by atoms with van der Waals surface area (Å²) < 4.78 is 0.440. The zero-order valence-electron chi connectivity index (χ0n) is 4.20. The first kappa shape index (κ1) is 7.61. The molecule has 0 amide bonds. The molecule has 1 nitrogen and oxygen atoms in total. The SMILES string of the molecule is ClCc1sc(Cl)nc1Cl. The highest BCUT2D eigenvalue weighted by molar-refractivity contribution is 7.16. The fraction of sp³-hybridized carbons (Fsp3) is 0.250. The molecule has 50 valence electrons. The molecular weight excluding hydrogens is 200 g/mol. The number of hydrogen-bond donors (Lipinski definition) is 0. The van der Waals surface area contributed by atoms with Crippen LogP contribution in [-0.2, 0) is 5.88 Å². The van der Waals surface area contributed by atoms with Crippen LogP contribution >= 0.6 is 46.1 Å². The molecule has 0 aliphatic heterocycles. The lowest BCUT2D eigenvalue weighted by Gasteiger charge is -1.81. The first-order valence-electron chi connectivity index (χ1n) is 2.10. The Balaban J connectivity index is 3.01. The van der Waals surface area contributed by atoms with Gasteiger partial charge in [0.1, 0.15) is 5.15 Å². The van der Waals surface area contributed by atoms with Crippen LogP contribution in [0.2, 0.25) is 9.62 Å². The van der Waals surface area contributed by atoms with Crippen molar-refractivity contribution in [1.82, 2.24) is 4.98 Å². The summed E-state index contributed by atoms with van der Waals surface area (Å²) in [5, 5.41) is 0.417. The maximum absolute atomic E-state index is 5.58. The zero-order chi connectivity index (χ0) is 6.85. The zero-order valence-corrected chi connectivity index (χ0v) is 7.28. The lowest BCUT2D eigenvalue weighted by atomic mass is 10.6. The van der Waals surface area contributed by atoms with Crippen molar-refractivity contribution in [2.45, 2.75) is 5.88 Å². The fourth-order valence-corrected chi connectivity index (χ4v) is 2.00. The Hall–Kier alpha value is 0.500. The van der Waals surface area contributed by atoms with Crippen LogP contribution in [0.15, 0.2) is 0 Å². The molecule has 5 heteroatoms. The minimum absolute atomic E-state index is 0.378. The van der Waals surface area contributed by atoms with E-state index < -0.39 is 0 Å². The average Bonchev–Trinajstić information content (AvgIpc) is 2.10. The van der Waals surface area contributed by atoms with Crippen LogP contribution in [0.3, 0.4) is 0 Å². The van der Waals surface area contributed by atoms with E-state index in [0.717, 1.165) is 4.88 Å². The van der Waals surface area contributed by atoms with Crippen LogP contribution in [0.5, 0.6) is 0 Å². The Bertz CT molecular complexity index is 210. The predicted octanol–water partition coefficient (Wildman–Crippen LogP) is 3.19. The van der Waals surface area contributed by atoms with Crippen LogP contribution in [-0.4, -0.2) is 4.98 Å². The molecule has 0 fully saturated rings. The van der Waals surface area contributed by atoms with Crippen molar-refractivity contribution in [3.8, 4) is 0 Å². The highest BCUT2D eigenvalue weighted by atomic mass is 35.5. The maximum atomic E-state index is 5.58. The van der Waals surface area contributed by atoms with Crippen molar-refractivity contribution >= 4 is 46.1 Å². The van der Waals surface area contributed by atoms with E-state index in [4.69, 9.17) is 34.8 Å². The van der Waals surface area contributed by atoms with E-state index in [2.05, 4.69) is 4.98 Å². The van der Waals surface area contributed by atoms with Gasteiger partial charge < -0.3 is 0 Å². The van der Waals surface area contributed by atoms with Crippen molar-refractivity contribution in [2.75, 3.05) is 0 Å². The number of thiazole rings is 1. The minimum atomic E-state index is 0.378. The predicted molar refractivity (Wildman–Crippen MR) is 41.7 cm³/mol. The molecule has 0 bridgehead atoms. The van der Waals surface area contributed by atoms with E-state index in [1.54, 1.807) is 0 Å². The molecule has 1 heterocycles. The van der Waals surface area contributed by atoms with Gasteiger partial charge in [0.2, 0.25) is 0 Å². The third kappa shape index (κ3) is 1.71. The van der Waals surface area contributed by atoms with E-state index in [9.17, 15) is 0 Å². The Kier molecular flexibility index (Phi) is 2.59. The molecule has 1 rings (SSSR count). The molecule has 1 aromatic rings. The molecule has 0 unspecified atom stereocenters. The molecule has 0 spiro atoms. The van der Waals surface area contributed by atoms with Crippen LogP contribution in [0, 0.1) is 0 Å². The van der Waals surface area contributed by atoms with Gasteiger partial charge in [-0.15, -0.1) is 22.9 Å². The van der Waals surface area contributed by atoms with E-state index in [-0.39, 0.29) is 0 Å². The van der Waals surface area contributed by atoms with Gasteiger partial charge in [-0.3, -0.25) is 0 Å². The maximum Gasteiger partial charge on any atom is 0.185 e. The summed E-state index contributed by atoms with van der Waals surface area (Å²) in [6.45, 7) is 0. The monoisotopic (exact) mass is 201 g/mol. The van der Waals surface area contributed by atoms with Crippen molar-refractivity contribution in [1.29, 1.82) is 0 Å². The lowest BCUT2D eigenvalue weighted by Crippen LogP contribution is -1.67. The minimum Gasteiger partial charge on any atom is -0.213 e. The molecule has 0 aliphatic carbocycles. The second-order valence-electron chi connectivity index (χ2n) is 1.31. The second kappa shape index (κ2) is 3.06. The molecule has 0 aromatic carbocycles. The largest absolute Gasteiger partial charge is 0.213 e. The number of hydrogen-bond acceptors (Lipinski definition) is 2. The quantitative estimate of drug-likeness (QED) is 0.638. The van der Waals surface area contributed by atoms with Gasteiger partial charge in [-0.05, 0) is 0 Å². The molecule has 0 saturated carbocycles. The van der Waals surface area contributed by atoms with E-state index >= 15 is 0 Å². The van der Waals surface area contributed by atoms with Crippen molar-refractivity contribution in [3.05, 3.63) is 14.5 Å². The standard InChI is InChI=1S/C4H2Cl3NS/c5-1-2-3(6)8-4(7)9-2/h1H2. The van der Waals surface area contributed by atoms with Crippen LogP contribution < -0.4 is 0 Å². The lowest BCUT2D eigenvalue weighted by molar-refractivity contribution is 1.36. The summed E-state index contributed by atoms with van der Waals surface area (Å²) in [4.78, 5) is 4.57. The van der Waals surface area contributed by atoms with Gasteiger partial charge in [-0.25, -0.2) is 4.98 Å². The van der Waals surface area contributed by atoms with Gasteiger partial charge in [0.25, 0.3) is 0 Å². The van der Waals surface area contributed by atoms with Gasteiger partial charge in [0, 0.05) is 0 Å². The Labute approximate surface area is 71.6 Å². The van der Waals surface area contributed by atoms with Crippen LogP contribution in [0.4, 0.5) is 0 Å². The highest BCUT2D eigenvalue weighted by Gasteiger charge is 2.04. The third-order valence-corrected chi connectivity index (χ3v) is 2.76. The van der Waals surface area contributed by atoms with Crippen molar-refractivity contribution in [3.63, 3.8) is 0 Å². The van der Waals surface area contributed by atoms with Gasteiger partial charge >= 0.3 is 0 Å². The molecule has 9 heavy (non-hydrogen) atoms. The van der Waals surface area contributed by atoms with Gasteiger partial charge in [-0.2, -0.15) is 0 Å². The highest BCUT2D eigenvalue weighted by Crippen LogP contribution is 2.27. The summed E-state index contributed by atoms with van der Waals surface area (Å²) in [6.07, 6.45) is 0. The first-order chi connectivity index (χ1) is 4.24. The number of alkyl halides is 1. The summed E-state index contributed by atoms with van der Waals surface area (Å²) >= 11 is 17.9. The van der Waals surface area contributed by atoms with Gasteiger partial charge in [0.05, 0.1) is 10.8 Å². The Morgan fingerprint density at radius 1 is 1.44 bits per heavy atom. The molecule has 0 radical (unpaired) electrons. The average molecular weight is 202 g/mol. The van der Waals surface area contributed by atoms with E-state index in [1.165, 1.54) is 11.3 Å². The normalized spacial score (nSPS) is 10.1. The number of halogens is 3. The van der Waals surface area contributed by atoms with E-state index in [0.29, 0.717) is 15.5 Å².